The van der Waals surface area contributed by atoms with Gasteiger partial charge in [-0.15, -0.1) is 0 Å². The third kappa shape index (κ3) is 12.4. The summed E-state index contributed by atoms with van der Waals surface area (Å²) < 4.78 is 13.2. The second kappa shape index (κ2) is 20.1. The number of aliphatic imine (C=N–C) groups is 1. The van der Waals surface area contributed by atoms with Crippen LogP contribution in [-0.2, 0) is 16.4 Å². The minimum absolute atomic E-state index is 0.146. The molecule has 1 atom stereocenters. The summed E-state index contributed by atoms with van der Waals surface area (Å²) in [5, 5.41) is 24.2. The van der Waals surface area contributed by atoms with E-state index >= 15 is 0 Å². The van der Waals surface area contributed by atoms with Gasteiger partial charge in [-0.2, -0.15) is 0 Å². The summed E-state index contributed by atoms with van der Waals surface area (Å²) in [5.41, 5.74) is 2.19. The summed E-state index contributed by atoms with van der Waals surface area (Å²) in [5.74, 6) is 1.46. The largest absolute Gasteiger partial charge is 0.507 e. The van der Waals surface area contributed by atoms with Gasteiger partial charge >= 0.3 is 0 Å². The van der Waals surface area contributed by atoms with Gasteiger partial charge in [-0.1, -0.05) is 144 Å². The van der Waals surface area contributed by atoms with E-state index in [9.17, 15) is 10.2 Å². The molecule has 3 rings (SSSR count). The van der Waals surface area contributed by atoms with Gasteiger partial charge in [0.15, 0.2) is 0 Å². The van der Waals surface area contributed by atoms with Gasteiger partial charge < -0.3 is 19.7 Å². The van der Waals surface area contributed by atoms with Crippen molar-refractivity contribution < 1.29 is 19.7 Å². The maximum atomic E-state index is 13.6. The van der Waals surface area contributed by atoms with Crippen molar-refractivity contribution in [3.8, 4) is 17.2 Å². The average Bonchev–Trinajstić information content (AvgIpc) is 3.09. The van der Waals surface area contributed by atoms with Crippen LogP contribution < -0.4 is 9.47 Å². The zero-order chi connectivity index (χ0) is 37.5. The fraction of sp³-hybridized carbons (Fsp3) is 0.587. The van der Waals surface area contributed by atoms with E-state index in [4.69, 9.17) is 14.5 Å². The molecule has 0 aliphatic heterocycles. The molecule has 5 nitrogen and oxygen atoms in total. The van der Waals surface area contributed by atoms with Crippen molar-refractivity contribution in [2.24, 2.45) is 4.99 Å². The van der Waals surface area contributed by atoms with Crippen LogP contribution in [0.1, 0.15) is 167 Å². The zero-order valence-electron chi connectivity index (χ0n) is 33.5. The first-order chi connectivity index (χ1) is 24.2. The molecule has 0 heterocycles. The highest BCUT2D eigenvalue weighted by atomic mass is 16.5. The predicted molar refractivity (Wildman–Crippen MR) is 216 cm³/mol. The van der Waals surface area contributed by atoms with Crippen LogP contribution in [-0.4, -0.2) is 35.7 Å². The molecule has 0 spiro atoms. The van der Waals surface area contributed by atoms with Gasteiger partial charge in [0.1, 0.15) is 22.8 Å². The molecule has 0 bridgehead atoms. The van der Waals surface area contributed by atoms with Crippen LogP contribution in [0.15, 0.2) is 65.7 Å². The number of aromatic hydroxyl groups is 1. The van der Waals surface area contributed by atoms with Gasteiger partial charge in [-0.3, -0.25) is 4.99 Å². The van der Waals surface area contributed by atoms with Crippen molar-refractivity contribution in [2.45, 2.75) is 162 Å². The number of unbranched alkanes of at least 4 members (excludes halogenated alkanes) is 10. The topological polar surface area (TPSA) is 71.3 Å². The molecule has 0 aliphatic rings. The number of ether oxygens (including phenoxy) is 2. The van der Waals surface area contributed by atoms with E-state index in [1.807, 2.05) is 31.2 Å². The van der Waals surface area contributed by atoms with E-state index in [1.165, 1.54) is 51.4 Å². The van der Waals surface area contributed by atoms with Crippen molar-refractivity contribution in [3.05, 3.63) is 88.5 Å². The summed E-state index contributed by atoms with van der Waals surface area (Å²) in [4.78, 5) is 4.98. The highest BCUT2D eigenvalue weighted by Gasteiger charge is 2.43. The van der Waals surface area contributed by atoms with Gasteiger partial charge in [0.2, 0.25) is 0 Å². The second-order valence-electron chi connectivity index (χ2n) is 16.4. The lowest BCUT2D eigenvalue weighted by Crippen LogP contribution is -2.39. The molecule has 0 unspecified atom stereocenters. The Hall–Kier alpha value is -3.31. The normalized spacial score (nSPS) is 13.1. The molecule has 2 N–H and O–H groups in total. The molecule has 0 radical (unpaired) electrons. The van der Waals surface area contributed by atoms with Gasteiger partial charge in [-0.05, 0) is 78.1 Å². The molecule has 3 aromatic carbocycles. The minimum atomic E-state index is -1.63. The monoisotopic (exact) mass is 700 g/mol. The first kappa shape index (κ1) is 42.1. The number of nitrogens with zero attached hydrogens (tertiary/aromatic N) is 1. The lowest BCUT2D eigenvalue weighted by molar-refractivity contribution is 0.0519. The van der Waals surface area contributed by atoms with Crippen molar-refractivity contribution in [1.29, 1.82) is 0 Å². The SMILES string of the molecule is CCCCCCCCOc1ccc(C(C)(C)C)cc1C(O)(c1cc(C(C)(C)C)ccc1OCCCCCCCC)[C@@H](C)N=Cc1ccccc1O. The Bertz CT molecular complexity index is 1420. The number of benzene rings is 3. The third-order valence-electron chi connectivity index (χ3n) is 10.0. The lowest BCUT2D eigenvalue weighted by atomic mass is 9.75. The molecule has 0 aliphatic carbocycles. The minimum Gasteiger partial charge on any atom is -0.507 e. The highest BCUT2D eigenvalue weighted by molar-refractivity contribution is 5.83. The molecule has 0 aromatic heterocycles. The standard InChI is InChI=1S/C46H69NO4/c1-10-12-14-16-18-22-30-50-42-28-26-37(44(4,5)6)32-39(42)46(49,35(3)47-34-36-24-20-21-25-41(36)48)40-33-38(45(7,8)9)27-29-43(40)51-31-23-19-17-15-13-11-2/h20-21,24-29,32-35,48-49H,10-19,22-23,30-31H2,1-9H3/t35-/m1/s1. The van der Waals surface area contributed by atoms with Crippen LogP contribution in [0.3, 0.4) is 0 Å². The van der Waals surface area contributed by atoms with Crippen molar-refractivity contribution in [2.75, 3.05) is 13.2 Å². The number of aliphatic hydroxyl groups is 1. The van der Waals surface area contributed by atoms with Gasteiger partial charge in [0, 0.05) is 22.9 Å². The van der Waals surface area contributed by atoms with Gasteiger partial charge in [-0.25, -0.2) is 0 Å². The van der Waals surface area contributed by atoms with Crippen LogP contribution in [0.5, 0.6) is 17.2 Å². The number of rotatable bonds is 21. The first-order valence-corrected chi connectivity index (χ1v) is 19.8. The summed E-state index contributed by atoms with van der Waals surface area (Å²) in [7, 11) is 0. The van der Waals surface area contributed by atoms with Crippen molar-refractivity contribution >= 4 is 6.21 Å². The Kier molecular flexibility index (Phi) is 16.6. The van der Waals surface area contributed by atoms with Crippen molar-refractivity contribution in [1.82, 2.24) is 0 Å². The van der Waals surface area contributed by atoms with E-state index in [2.05, 4.69) is 79.7 Å². The smallest absolute Gasteiger partial charge is 0.144 e. The third-order valence-corrected chi connectivity index (χ3v) is 10.0. The Morgan fingerprint density at radius 1 is 0.627 bits per heavy atom. The average molecular weight is 700 g/mol. The Balaban J connectivity index is 2.20. The Morgan fingerprint density at radius 2 is 1.06 bits per heavy atom. The summed E-state index contributed by atoms with van der Waals surface area (Å²) in [6.45, 7) is 20.7. The fourth-order valence-electron chi connectivity index (χ4n) is 6.46. The van der Waals surface area contributed by atoms with Crippen LogP contribution in [0.2, 0.25) is 0 Å². The lowest BCUT2D eigenvalue weighted by Gasteiger charge is -2.37. The zero-order valence-corrected chi connectivity index (χ0v) is 33.5. The summed E-state index contributed by atoms with van der Waals surface area (Å²) in [6, 6.07) is 19.0. The number of hydrogen-bond donors (Lipinski definition) is 2. The Morgan fingerprint density at radius 3 is 1.49 bits per heavy atom. The molecule has 51 heavy (non-hydrogen) atoms. The van der Waals surface area contributed by atoms with Crippen LogP contribution in [0, 0.1) is 0 Å². The number of phenolic OH excluding ortho intramolecular Hbond substituents is 1. The van der Waals surface area contributed by atoms with Crippen molar-refractivity contribution in [3.63, 3.8) is 0 Å². The molecule has 282 valence electrons. The van der Waals surface area contributed by atoms with E-state index in [1.54, 1.807) is 18.3 Å². The molecule has 0 fully saturated rings. The Labute approximate surface area is 310 Å². The first-order valence-electron chi connectivity index (χ1n) is 19.8. The molecule has 0 amide bonds. The maximum absolute atomic E-state index is 13.6. The quantitative estimate of drug-likeness (QED) is 0.0857. The molecule has 0 saturated carbocycles. The number of para-hydroxylation sites is 1. The van der Waals surface area contributed by atoms with Crippen LogP contribution >= 0.6 is 0 Å². The number of hydrogen-bond acceptors (Lipinski definition) is 5. The highest BCUT2D eigenvalue weighted by Crippen LogP contribution is 2.46. The van der Waals surface area contributed by atoms with Gasteiger partial charge in [0.25, 0.3) is 0 Å². The van der Waals surface area contributed by atoms with Gasteiger partial charge in [0.05, 0.1) is 19.3 Å². The molecule has 0 saturated heterocycles. The number of phenols is 1. The predicted octanol–water partition coefficient (Wildman–Crippen LogP) is 12.2. The summed E-state index contributed by atoms with van der Waals surface area (Å²) >= 11 is 0. The van der Waals surface area contributed by atoms with Crippen LogP contribution in [0.4, 0.5) is 0 Å². The van der Waals surface area contributed by atoms with Crippen LogP contribution in [0.25, 0.3) is 0 Å². The molecule has 5 heteroatoms. The van der Waals surface area contributed by atoms with E-state index < -0.39 is 11.6 Å². The van der Waals surface area contributed by atoms with E-state index in [0.717, 1.165) is 36.8 Å². The molecular formula is C46H69NO4. The molecular weight excluding hydrogens is 631 g/mol. The fourth-order valence-corrected chi connectivity index (χ4v) is 6.46. The second-order valence-corrected chi connectivity index (χ2v) is 16.4. The van der Waals surface area contributed by atoms with E-state index in [0.29, 0.717) is 41.4 Å². The molecule has 3 aromatic rings. The van der Waals surface area contributed by atoms with E-state index in [-0.39, 0.29) is 16.6 Å². The summed E-state index contributed by atoms with van der Waals surface area (Å²) in [6.07, 6.45) is 15.7. The maximum Gasteiger partial charge on any atom is 0.144 e.